The van der Waals surface area contributed by atoms with Crippen LogP contribution in [0.1, 0.15) is 28.5 Å². The van der Waals surface area contributed by atoms with E-state index in [9.17, 15) is 13.2 Å². The molecule has 30 heavy (non-hydrogen) atoms. The molecule has 4 aromatic rings. The number of aryl methyl sites for hydroxylation is 1. The summed E-state index contributed by atoms with van der Waals surface area (Å²) in [6, 6.07) is 16.2. The van der Waals surface area contributed by atoms with Crippen molar-refractivity contribution in [2.24, 2.45) is 0 Å². The molecule has 0 atom stereocenters. The Morgan fingerprint density at radius 1 is 1.07 bits per heavy atom. The van der Waals surface area contributed by atoms with E-state index in [2.05, 4.69) is 14.7 Å². The third-order valence-corrected chi connectivity index (χ3v) is 6.08. The zero-order valence-corrected chi connectivity index (χ0v) is 17.3. The molecule has 0 saturated carbocycles. The number of hydrogen-bond acceptors (Lipinski definition) is 5. The van der Waals surface area contributed by atoms with Gasteiger partial charge in [0.15, 0.2) is 11.3 Å². The topological polar surface area (TPSA) is 93.4 Å². The van der Waals surface area contributed by atoms with Gasteiger partial charge in [-0.25, -0.2) is 18.4 Å². The smallest absolute Gasteiger partial charge is 0.232 e. The molecule has 0 aliphatic heterocycles. The maximum absolute atomic E-state index is 12.9. The number of ketones is 1. The van der Waals surface area contributed by atoms with Crippen molar-refractivity contribution in [2.75, 3.05) is 10.5 Å². The Balaban J connectivity index is 1.76. The van der Waals surface area contributed by atoms with E-state index in [0.29, 0.717) is 16.9 Å². The zero-order chi connectivity index (χ0) is 21.3. The van der Waals surface area contributed by atoms with Gasteiger partial charge in [0.1, 0.15) is 6.33 Å². The van der Waals surface area contributed by atoms with Crippen LogP contribution in [-0.4, -0.2) is 34.3 Å². The molecule has 7 nitrogen and oxygen atoms in total. The normalized spacial score (nSPS) is 11.5. The maximum atomic E-state index is 12.9. The van der Waals surface area contributed by atoms with Crippen LogP contribution in [0, 0.1) is 6.92 Å². The molecule has 0 unspecified atom stereocenters. The summed E-state index contributed by atoms with van der Waals surface area (Å²) in [5.41, 5.74) is 4.31. The molecule has 0 saturated heterocycles. The molecular weight excluding hydrogens is 400 g/mol. The largest absolute Gasteiger partial charge is 0.287 e. The lowest BCUT2D eigenvalue weighted by atomic mass is 10.1. The van der Waals surface area contributed by atoms with E-state index in [-0.39, 0.29) is 17.2 Å². The Morgan fingerprint density at radius 2 is 1.83 bits per heavy atom. The van der Waals surface area contributed by atoms with Crippen LogP contribution in [0.2, 0.25) is 0 Å². The number of nitrogens with zero attached hydrogens (tertiary/aromatic N) is 3. The van der Waals surface area contributed by atoms with Crippen molar-refractivity contribution < 1.29 is 13.2 Å². The van der Waals surface area contributed by atoms with Crippen LogP contribution in [-0.2, 0) is 10.0 Å². The fourth-order valence-corrected chi connectivity index (χ4v) is 3.76. The summed E-state index contributed by atoms with van der Waals surface area (Å²) in [6.45, 7) is 3.54. The number of aromatic nitrogens is 3. The molecule has 152 valence electrons. The lowest BCUT2D eigenvalue weighted by molar-refractivity contribution is 0.103. The van der Waals surface area contributed by atoms with Crippen molar-refractivity contribution in [1.82, 2.24) is 14.4 Å². The quantitative estimate of drug-likeness (QED) is 0.480. The molecule has 0 amide bonds. The van der Waals surface area contributed by atoms with Crippen LogP contribution in [0.15, 0.2) is 67.1 Å². The second-order valence-electron chi connectivity index (χ2n) is 6.90. The van der Waals surface area contributed by atoms with Gasteiger partial charge in [0.2, 0.25) is 15.8 Å². The summed E-state index contributed by atoms with van der Waals surface area (Å²) < 4.78 is 28.1. The number of carbonyl (C=O) groups is 1. The number of rotatable bonds is 6. The van der Waals surface area contributed by atoms with E-state index in [4.69, 9.17) is 0 Å². The van der Waals surface area contributed by atoms with Crippen LogP contribution in [0.5, 0.6) is 0 Å². The van der Waals surface area contributed by atoms with Crippen molar-refractivity contribution in [1.29, 1.82) is 0 Å². The number of anilines is 1. The van der Waals surface area contributed by atoms with Gasteiger partial charge in [-0.3, -0.25) is 13.9 Å². The van der Waals surface area contributed by atoms with Gasteiger partial charge in [-0.2, -0.15) is 0 Å². The first-order chi connectivity index (χ1) is 14.4. The molecular formula is C22H20N4O3S. The van der Waals surface area contributed by atoms with Gasteiger partial charge in [-0.15, -0.1) is 0 Å². The molecule has 0 aliphatic carbocycles. The van der Waals surface area contributed by atoms with Crippen LogP contribution in [0.3, 0.4) is 0 Å². The minimum Gasteiger partial charge on any atom is -0.287 e. The molecule has 2 aromatic carbocycles. The van der Waals surface area contributed by atoms with Gasteiger partial charge >= 0.3 is 0 Å². The fourth-order valence-electron chi connectivity index (χ4n) is 3.13. The third kappa shape index (κ3) is 3.81. The molecule has 2 aromatic heterocycles. The molecule has 0 bridgehead atoms. The van der Waals surface area contributed by atoms with Crippen molar-refractivity contribution in [3.05, 3.63) is 83.9 Å². The minimum atomic E-state index is -3.38. The molecule has 0 radical (unpaired) electrons. The first-order valence-corrected chi connectivity index (χ1v) is 11.1. The highest BCUT2D eigenvalue weighted by Gasteiger charge is 2.18. The van der Waals surface area contributed by atoms with Gasteiger partial charge in [-0.05, 0) is 32.0 Å². The summed E-state index contributed by atoms with van der Waals surface area (Å²) in [5.74, 6) is -0.213. The molecule has 0 fully saturated rings. The number of imidazole rings is 1. The van der Waals surface area contributed by atoms with Gasteiger partial charge < -0.3 is 0 Å². The highest BCUT2D eigenvalue weighted by atomic mass is 32.2. The molecule has 1 N–H and O–H groups in total. The van der Waals surface area contributed by atoms with Crippen molar-refractivity contribution in [3.8, 4) is 11.3 Å². The monoisotopic (exact) mass is 420 g/mol. The van der Waals surface area contributed by atoms with E-state index >= 15 is 0 Å². The Bertz CT molecular complexity index is 1340. The van der Waals surface area contributed by atoms with E-state index < -0.39 is 10.0 Å². The summed E-state index contributed by atoms with van der Waals surface area (Å²) in [6.07, 6.45) is 3.17. The second kappa shape index (κ2) is 7.72. The van der Waals surface area contributed by atoms with E-state index in [1.165, 1.54) is 0 Å². The van der Waals surface area contributed by atoms with E-state index in [1.54, 1.807) is 60.2 Å². The SMILES string of the molecule is CCS(=O)(=O)Nc1cccc(-c2ccnc3c(C(=O)c4ccc(C)cc4)ncn23)c1. The average Bonchev–Trinajstić information content (AvgIpc) is 3.18. The standard InChI is InChI=1S/C22H20N4O3S/c1-3-30(28,29)25-18-6-4-5-17(13-18)19-11-12-23-22-20(24-14-26(19)22)21(27)16-9-7-15(2)8-10-16/h4-14,25H,3H2,1-2H3. The molecule has 0 spiro atoms. The molecule has 4 rings (SSSR count). The van der Waals surface area contributed by atoms with Gasteiger partial charge in [0.05, 0.1) is 11.4 Å². The van der Waals surface area contributed by atoms with E-state index in [0.717, 1.165) is 16.8 Å². The summed E-state index contributed by atoms with van der Waals surface area (Å²) >= 11 is 0. The fraction of sp³-hybridized carbons (Fsp3) is 0.136. The van der Waals surface area contributed by atoms with Crippen molar-refractivity contribution in [3.63, 3.8) is 0 Å². The van der Waals surface area contributed by atoms with Crippen molar-refractivity contribution in [2.45, 2.75) is 13.8 Å². The van der Waals surface area contributed by atoms with Crippen molar-refractivity contribution >= 4 is 27.1 Å². The summed E-state index contributed by atoms with van der Waals surface area (Å²) in [4.78, 5) is 21.6. The van der Waals surface area contributed by atoms with E-state index in [1.807, 2.05) is 25.1 Å². The lowest BCUT2D eigenvalue weighted by Gasteiger charge is -2.09. The molecule has 8 heteroatoms. The highest BCUT2D eigenvalue weighted by Crippen LogP contribution is 2.25. The molecule has 2 heterocycles. The van der Waals surface area contributed by atoms with Crippen LogP contribution in [0.25, 0.3) is 16.9 Å². The number of hydrogen-bond donors (Lipinski definition) is 1. The lowest BCUT2D eigenvalue weighted by Crippen LogP contribution is -2.14. The predicted octanol–water partition coefficient (Wildman–Crippen LogP) is 3.70. The number of fused-ring (bicyclic) bond motifs is 1. The Morgan fingerprint density at radius 3 is 2.57 bits per heavy atom. The first kappa shape index (κ1) is 19.8. The Hall–Kier alpha value is -3.52. The molecule has 0 aliphatic rings. The zero-order valence-electron chi connectivity index (χ0n) is 16.5. The number of nitrogens with one attached hydrogen (secondary N) is 1. The second-order valence-corrected chi connectivity index (χ2v) is 8.91. The van der Waals surface area contributed by atoms with Gasteiger partial charge in [-0.1, -0.05) is 42.0 Å². The van der Waals surface area contributed by atoms with Gasteiger partial charge in [0.25, 0.3) is 0 Å². The Labute approximate surface area is 174 Å². The number of sulfonamides is 1. The average molecular weight is 420 g/mol. The van der Waals surface area contributed by atoms with Crippen LogP contribution in [0.4, 0.5) is 5.69 Å². The first-order valence-electron chi connectivity index (χ1n) is 9.42. The third-order valence-electron chi connectivity index (χ3n) is 4.77. The van der Waals surface area contributed by atoms with Crippen LogP contribution < -0.4 is 4.72 Å². The highest BCUT2D eigenvalue weighted by molar-refractivity contribution is 7.92. The van der Waals surface area contributed by atoms with Crippen LogP contribution >= 0.6 is 0 Å². The summed E-state index contributed by atoms with van der Waals surface area (Å²) in [5, 5.41) is 0. The van der Waals surface area contributed by atoms with Gasteiger partial charge in [0, 0.05) is 23.0 Å². The summed E-state index contributed by atoms with van der Waals surface area (Å²) in [7, 11) is -3.38. The number of carbonyl (C=O) groups excluding carboxylic acids is 1. The minimum absolute atomic E-state index is 0.0112. The maximum Gasteiger partial charge on any atom is 0.232 e. The predicted molar refractivity (Wildman–Crippen MR) is 116 cm³/mol. The Kier molecular flexibility index (Phi) is 5.09. The number of benzene rings is 2.